The predicted molar refractivity (Wildman–Crippen MR) is 74.0 cm³/mol. The monoisotopic (exact) mass is 270 g/mol. The molecular weight excluding hydrogens is 244 g/mol. The maximum Gasteiger partial charge on any atom is 0.326 e. The Kier molecular flexibility index (Phi) is 6.12. The van der Waals surface area contributed by atoms with Gasteiger partial charge in [0.1, 0.15) is 6.04 Å². The molecule has 0 spiro atoms. The third-order valence-electron chi connectivity index (χ3n) is 4.14. The Labute approximate surface area is 115 Å². The lowest BCUT2D eigenvalue weighted by atomic mass is 9.83. The van der Waals surface area contributed by atoms with E-state index in [1.807, 2.05) is 0 Å². The molecule has 1 fully saturated rings. The number of carboxylic acid groups (broad SMARTS) is 1. The predicted octanol–water partition coefficient (Wildman–Crippen LogP) is 2.32. The quantitative estimate of drug-likeness (QED) is 0.805. The molecule has 1 saturated carbocycles. The van der Waals surface area contributed by atoms with Gasteiger partial charge in [-0.15, -0.1) is 0 Å². The van der Waals surface area contributed by atoms with Crippen molar-refractivity contribution in [3.8, 4) is 0 Å². The van der Waals surface area contributed by atoms with E-state index in [1.54, 1.807) is 14.0 Å². The highest BCUT2D eigenvalue weighted by atomic mass is 16.4. The van der Waals surface area contributed by atoms with E-state index in [0.717, 1.165) is 18.8 Å². The van der Waals surface area contributed by atoms with Crippen LogP contribution in [0.15, 0.2) is 0 Å². The van der Waals surface area contributed by atoms with Gasteiger partial charge < -0.3 is 15.3 Å². The summed E-state index contributed by atoms with van der Waals surface area (Å²) < 4.78 is 0. The summed E-state index contributed by atoms with van der Waals surface area (Å²) in [5, 5.41) is 11.9. The van der Waals surface area contributed by atoms with Crippen LogP contribution in [-0.4, -0.2) is 41.6 Å². The molecular formula is C14H26N2O3. The van der Waals surface area contributed by atoms with Crippen molar-refractivity contribution < 1.29 is 14.7 Å². The summed E-state index contributed by atoms with van der Waals surface area (Å²) in [5.41, 5.74) is 0. The van der Waals surface area contributed by atoms with Crippen LogP contribution >= 0.6 is 0 Å². The van der Waals surface area contributed by atoms with Crippen molar-refractivity contribution in [3.63, 3.8) is 0 Å². The van der Waals surface area contributed by atoms with E-state index in [2.05, 4.69) is 12.2 Å². The number of nitrogens with zero attached hydrogens (tertiary/aromatic N) is 1. The molecule has 2 amide bonds. The lowest BCUT2D eigenvalue weighted by Crippen LogP contribution is -2.48. The molecule has 0 aromatic heterocycles. The molecule has 0 aromatic carbocycles. The first-order valence-electron chi connectivity index (χ1n) is 7.19. The van der Waals surface area contributed by atoms with Gasteiger partial charge in [-0.1, -0.05) is 26.7 Å². The fraction of sp³-hybridized carbons (Fsp3) is 0.857. The van der Waals surface area contributed by atoms with E-state index in [1.165, 1.54) is 17.7 Å². The van der Waals surface area contributed by atoms with Crippen LogP contribution in [0.5, 0.6) is 0 Å². The van der Waals surface area contributed by atoms with Crippen molar-refractivity contribution in [1.82, 2.24) is 10.2 Å². The van der Waals surface area contributed by atoms with Crippen LogP contribution in [0.2, 0.25) is 0 Å². The minimum absolute atomic E-state index is 0.284. The number of carbonyl (C=O) groups excluding carboxylic acids is 1. The number of urea groups is 1. The molecule has 5 heteroatoms. The Morgan fingerprint density at radius 1 is 1.32 bits per heavy atom. The summed E-state index contributed by atoms with van der Waals surface area (Å²) in [7, 11) is 1.54. The second-order valence-corrected chi connectivity index (χ2v) is 5.69. The van der Waals surface area contributed by atoms with Gasteiger partial charge >= 0.3 is 12.0 Å². The van der Waals surface area contributed by atoms with Crippen LogP contribution < -0.4 is 5.32 Å². The highest BCUT2D eigenvalue weighted by molar-refractivity contribution is 5.82. The minimum atomic E-state index is -0.952. The first-order valence-corrected chi connectivity index (χ1v) is 7.19. The first kappa shape index (κ1) is 15.8. The van der Waals surface area contributed by atoms with Gasteiger partial charge in [0.25, 0.3) is 0 Å². The minimum Gasteiger partial charge on any atom is -0.480 e. The molecule has 110 valence electrons. The molecule has 0 bridgehead atoms. The van der Waals surface area contributed by atoms with Gasteiger partial charge in [-0.2, -0.15) is 0 Å². The third-order valence-corrected chi connectivity index (χ3v) is 4.14. The van der Waals surface area contributed by atoms with Gasteiger partial charge in [-0.05, 0) is 31.1 Å². The molecule has 1 aliphatic carbocycles. The van der Waals surface area contributed by atoms with E-state index in [4.69, 9.17) is 5.11 Å². The number of amides is 2. The van der Waals surface area contributed by atoms with E-state index in [0.29, 0.717) is 18.9 Å². The molecule has 1 atom stereocenters. The van der Waals surface area contributed by atoms with Crippen molar-refractivity contribution in [2.75, 3.05) is 13.6 Å². The summed E-state index contributed by atoms with van der Waals surface area (Å²) in [5.74, 6) is 0.385. The zero-order chi connectivity index (χ0) is 14.4. The molecule has 5 nitrogen and oxygen atoms in total. The van der Waals surface area contributed by atoms with E-state index in [-0.39, 0.29) is 6.03 Å². The van der Waals surface area contributed by atoms with Gasteiger partial charge in [0.2, 0.25) is 0 Å². The summed E-state index contributed by atoms with van der Waals surface area (Å²) in [6.45, 7) is 4.69. The Bertz CT molecular complexity index is 312. The average Bonchev–Trinajstić information content (AvgIpc) is 2.38. The molecule has 1 unspecified atom stereocenters. The Balaban J connectivity index is 2.36. The first-order chi connectivity index (χ1) is 8.95. The topological polar surface area (TPSA) is 69.6 Å². The number of aliphatic carboxylic acids is 1. The van der Waals surface area contributed by atoms with Crippen LogP contribution in [0.25, 0.3) is 0 Å². The van der Waals surface area contributed by atoms with Crippen LogP contribution in [0, 0.1) is 11.8 Å². The maximum atomic E-state index is 11.9. The zero-order valence-corrected chi connectivity index (χ0v) is 12.2. The number of hydrogen-bond donors (Lipinski definition) is 2. The van der Waals surface area contributed by atoms with Crippen LogP contribution in [-0.2, 0) is 4.79 Å². The molecule has 0 aromatic rings. The fourth-order valence-electron chi connectivity index (χ4n) is 2.65. The summed E-state index contributed by atoms with van der Waals surface area (Å²) in [6.07, 6.45) is 5.18. The number of rotatable bonds is 5. The molecule has 0 saturated heterocycles. The number of carbonyl (C=O) groups is 2. The Hall–Kier alpha value is -1.26. The lowest BCUT2D eigenvalue weighted by molar-refractivity contribution is -0.141. The Morgan fingerprint density at radius 3 is 2.37 bits per heavy atom. The summed E-state index contributed by atoms with van der Waals surface area (Å²) >= 11 is 0. The second-order valence-electron chi connectivity index (χ2n) is 5.69. The van der Waals surface area contributed by atoms with Crippen molar-refractivity contribution >= 4 is 12.0 Å². The van der Waals surface area contributed by atoms with Gasteiger partial charge in [0.15, 0.2) is 0 Å². The van der Waals surface area contributed by atoms with Crippen molar-refractivity contribution in [1.29, 1.82) is 0 Å². The summed E-state index contributed by atoms with van der Waals surface area (Å²) in [4.78, 5) is 24.2. The highest BCUT2D eigenvalue weighted by Gasteiger charge is 2.25. The maximum absolute atomic E-state index is 11.9. The lowest BCUT2D eigenvalue weighted by Gasteiger charge is -2.28. The van der Waals surface area contributed by atoms with Crippen molar-refractivity contribution in [2.45, 2.75) is 52.0 Å². The molecule has 0 aliphatic heterocycles. The van der Waals surface area contributed by atoms with E-state index >= 15 is 0 Å². The molecule has 0 radical (unpaired) electrons. The van der Waals surface area contributed by atoms with E-state index < -0.39 is 12.0 Å². The molecule has 0 heterocycles. The van der Waals surface area contributed by atoms with Crippen LogP contribution in [0.3, 0.4) is 0 Å². The average molecular weight is 270 g/mol. The van der Waals surface area contributed by atoms with Gasteiger partial charge in [-0.3, -0.25) is 0 Å². The second kappa shape index (κ2) is 7.36. The van der Waals surface area contributed by atoms with Crippen molar-refractivity contribution in [3.05, 3.63) is 0 Å². The number of nitrogens with one attached hydrogen (secondary N) is 1. The van der Waals surface area contributed by atoms with Gasteiger partial charge in [-0.25, -0.2) is 9.59 Å². The molecule has 19 heavy (non-hydrogen) atoms. The van der Waals surface area contributed by atoms with Gasteiger partial charge in [0.05, 0.1) is 0 Å². The molecule has 1 rings (SSSR count). The van der Waals surface area contributed by atoms with Crippen molar-refractivity contribution in [2.24, 2.45) is 11.8 Å². The normalized spacial score (nSPS) is 24.6. The van der Waals surface area contributed by atoms with Gasteiger partial charge in [0, 0.05) is 13.6 Å². The molecule has 2 N–H and O–H groups in total. The third kappa shape index (κ3) is 4.73. The largest absolute Gasteiger partial charge is 0.480 e. The standard InChI is InChI=1S/C14H26N2O3/c1-4-12(13(17)18)16(3)14(19)15-9-11-7-5-10(2)6-8-11/h10-12H,4-9H2,1-3H3,(H,15,19)(H,17,18). The van der Waals surface area contributed by atoms with Crippen LogP contribution in [0.1, 0.15) is 46.0 Å². The zero-order valence-electron chi connectivity index (χ0n) is 12.2. The smallest absolute Gasteiger partial charge is 0.326 e. The highest BCUT2D eigenvalue weighted by Crippen LogP contribution is 2.27. The summed E-state index contributed by atoms with van der Waals surface area (Å²) in [6, 6.07) is -1.03. The SMILES string of the molecule is CCC(C(=O)O)N(C)C(=O)NCC1CCC(C)CC1. The Morgan fingerprint density at radius 2 is 1.89 bits per heavy atom. The number of likely N-dealkylation sites (N-methyl/N-ethyl adjacent to an activating group) is 1. The number of carboxylic acids is 1. The number of hydrogen-bond acceptors (Lipinski definition) is 2. The van der Waals surface area contributed by atoms with E-state index in [9.17, 15) is 9.59 Å². The fourth-order valence-corrected chi connectivity index (χ4v) is 2.65. The van der Waals surface area contributed by atoms with Crippen LogP contribution in [0.4, 0.5) is 4.79 Å². The molecule has 1 aliphatic rings.